The number of carbonyl (C=O) groups is 1. The number of rotatable bonds is 7. The number of hydrogen-bond donors (Lipinski definition) is 2. The number of nitrogens with one attached hydrogen (secondary N) is 1. The van der Waals surface area contributed by atoms with Crippen LogP contribution in [0.15, 0.2) is 29.2 Å². The Hall–Kier alpha value is -0.840. The zero-order valence-corrected chi connectivity index (χ0v) is 11.2. The summed E-state index contributed by atoms with van der Waals surface area (Å²) in [6, 6.07) is 7.92. The SMILES string of the molecule is CCCC(=O)C(CN)NSc1ccc(C)cc1. The normalized spacial score (nSPS) is 12.4. The van der Waals surface area contributed by atoms with E-state index in [2.05, 4.69) is 23.8 Å². The highest BCUT2D eigenvalue weighted by atomic mass is 32.2. The van der Waals surface area contributed by atoms with E-state index in [9.17, 15) is 4.79 Å². The summed E-state index contributed by atoms with van der Waals surface area (Å²) in [5.41, 5.74) is 6.82. The van der Waals surface area contributed by atoms with Gasteiger partial charge in [-0.05, 0) is 37.4 Å². The van der Waals surface area contributed by atoms with Crippen molar-refractivity contribution in [2.75, 3.05) is 6.54 Å². The highest BCUT2D eigenvalue weighted by molar-refractivity contribution is 7.97. The number of Topliss-reactive ketones (excluding diaryl/α,β-unsaturated/α-hetero) is 1. The summed E-state index contributed by atoms with van der Waals surface area (Å²) >= 11 is 1.47. The van der Waals surface area contributed by atoms with E-state index in [1.807, 2.05) is 19.1 Å². The summed E-state index contributed by atoms with van der Waals surface area (Å²) in [5.74, 6) is 0.189. The van der Waals surface area contributed by atoms with Crippen LogP contribution in [0.2, 0.25) is 0 Å². The fraction of sp³-hybridized carbons (Fsp3) is 0.462. The van der Waals surface area contributed by atoms with Crippen LogP contribution in [0, 0.1) is 6.92 Å². The van der Waals surface area contributed by atoms with Gasteiger partial charge in [0.15, 0.2) is 5.78 Å². The molecule has 0 spiro atoms. The van der Waals surface area contributed by atoms with Crippen LogP contribution in [0.1, 0.15) is 25.3 Å². The molecule has 0 fully saturated rings. The van der Waals surface area contributed by atoms with E-state index < -0.39 is 0 Å². The highest BCUT2D eigenvalue weighted by Gasteiger charge is 2.15. The molecule has 0 aliphatic carbocycles. The van der Waals surface area contributed by atoms with Crippen molar-refractivity contribution in [3.63, 3.8) is 0 Å². The summed E-state index contributed by atoms with van der Waals surface area (Å²) in [6.45, 7) is 4.39. The lowest BCUT2D eigenvalue weighted by Gasteiger charge is -2.14. The molecule has 0 radical (unpaired) electrons. The maximum Gasteiger partial charge on any atom is 0.151 e. The van der Waals surface area contributed by atoms with Gasteiger partial charge in [-0.25, -0.2) is 4.72 Å². The van der Waals surface area contributed by atoms with Crippen molar-refractivity contribution in [2.24, 2.45) is 5.73 Å². The Bertz CT molecular complexity index is 351. The Kier molecular flexibility index (Phi) is 6.26. The van der Waals surface area contributed by atoms with Gasteiger partial charge in [0.05, 0.1) is 6.04 Å². The van der Waals surface area contributed by atoms with Crippen LogP contribution in [0.4, 0.5) is 0 Å². The van der Waals surface area contributed by atoms with Gasteiger partial charge in [-0.1, -0.05) is 24.6 Å². The third-order valence-corrected chi connectivity index (χ3v) is 3.37. The second-order valence-corrected chi connectivity index (χ2v) is 4.95. The van der Waals surface area contributed by atoms with E-state index >= 15 is 0 Å². The predicted octanol–water partition coefficient (Wildman–Crippen LogP) is 2.29. The summed E-state index contributed by atoms with van der Waals surface area (Å²) in [7, 11) is 0. The first-order valence-electron chi connectivity index (χ1n) is 5.89. The first kappa shape index (κ1) is 14.2. The molecule has 0 bridgehead atoms. The quantitative estimate of drug-likeness (QED) is 0.731. The van der Waals surface area contributed by atoms with Gasteiger partial charge < -0.3 is 5.73 Å². The smallest absolute Gasteiger partial charge is 0.151 e. The first-order chi connectivity index (χ1) is 8.17. The van der Waals surface area contributed by atoms with Crippen molar-refractivity contribution in [1.82, 2.24) is 4.72 Å². The topological polar surface area (TPSA) is 55.1 Å². The molecule has 1 aromatic carbocycles. The molecule has 0 aliphatic rings. The molecule has 0 saturated heterocycles. The van der Waals surface area contributed by atoms with Gasteiger partial charge in [0.2, 0.25) is 0 Å². The van der Waals surface area contributed by atoms with Crippen LogP contribution in [0.3, 0.4) is 0 Å². The average molecular weight is 252 g/mol. The largest absolute Gasteiger partial charge is 0.328 e. The predicted molar refractivity (Wildman–Crippen MR) is 72.9 cm³/mol. The van der Waals surface area contributed by atoms with Gasteiger partial charge in [0.1, 0.15) is 0 Å². The van der Waals surface area contributed by atoms with Crippen LogP contribution in [0.25, 0.3) is 0 Å². The van der Waals surface area contributed by atoms with Crippen LogP contribution < -0.4 is 10.5 Å². The zero-order chi connectivity index (χ0) is 12.7. The van der Waals surface area contributed by atoms with Gasteiger partial charge in [0, 0.05) is 17.9 Å². The summed E-state index contributed by atoms with van der Waals surface area (Å²) in [6.07, 6.45) is 1.45. The Labute approximate surface area is 107 Å². The van der Waals surface area contributed by atoms with Crippen molar-refractivity contribution in [1.29, 1.82) is 0 Å². The van der Waals surface area contributed by atoms with Gasteiger partial charge >= 0.3 is 0 Å². The average Bonchev–Trinajstić information content (AvgIpc) is 2.32. The van der Waals surface area contributed by atoms with Crippen molar-refractivity contribution >= 4 is 17.7 Å². The van der Waals surface area contributed by atoms with Crippen molar-refractivity contribution < 1.29 is 4.79 Å². The number of ketones is 1. The lowest BCUT2D eigenvalue weighted by atomic mass is 10.1. The Morgan fingerprint density at radius 3 is 2.59 bits per heavy atom. The van der Waals surface area contributed by atoms with E-state index in [0.29, 0.717) is 13.0 Å². The minimum Gasteiger partial charge on any atom is -0.328 e. The number of carbonyl (C=O) groups excluding carboxylic acids is 1. The Morgan fingerprint density at radius 2 is 2.06 bits per heavy atom. The summed E-state index contributed by atoms with van der Waals surface area (Å²) in [5, 5.41) is 0. The minimum absolute atomic E-state index is 0.189. The molecule has 3 nitrogen and oxygen atoms in total. The van der Waals surface area contributed by atoms with Crippen LogP contribution in [-0.4, -0.2) is 18.4 Å². The number of benzene rings is 1. The van der Waals surface area contributed by atoms with Gasteiger partial charge in [-0.2, -0.15) is 0 Å². The van der Waals surface area contributed by atoms with Gasteiger partial charge in [0.25, 0.3) is 0 Å². The molecule has 1 atom stereocenters. The monoisotopic (exact) mass is 252 g/mol. The van der Waals surface area contributed by atoms with Crippen molar-refractivity contribution in [3.05, 3.63) is 29.8 Å². The number of aryl methyl sites for hydroxylation is 1. The molecule has 3 N–H and O–H groups in total. The molecule has 1 aromatic rings. The number of nitrogens with two attached hydrogens (primary N) is 1. The number of hydrogen-bond acceptors (Lipinski definition) is 4. The lowest BCUT2D eigenvalue weighted by molar-refractivity contribution is -0.120. The highest BCUT2D eigenvalue weighted by Crippen LogP contribution is 2.16. The van der Waals surface area contributed by atoms with Gasteiger partial charge in [-0.15, -0.1) is 0 Å². The van der Waals surface area contributed by atoms with Crippen LogP contribution in [0.5, 0.6) is 0 Å². The van der Waals surface area contributed by atoms with E-state index in [0.717, 1.165) is 11.3 Å². The summed E-state index contributed by atoms with van der Waals surface area (Å²) in [4.78, 5) is 12.8. The molecular formula is C13H20N2OS. The third-order valence-electron chi connectivity index (χ3n) is 2.46. The molecule has 1 rings (SSSR count). The fourth-order valence-electron chi connectivity index (χ4n) is 1.41. The van der Waals surface area contributed by atoms with Crippen LogP contribution in [-0.2, 0) is 4.79 Å². The molecule has 0 heterocycles. The summed E-state index contributed by atoms with van der Waals surface area (Å²) < 4.78 is 3.13. The fourth-order valence-corrected chi connectivity index (χ4v) is 2.19. The minimum atomic E-state index is -0.249. The molecular weight excluding hydrogens is 232 g/mol. The molecule has 0 saturated carbocycles. The van der Waals surface area contributed by atoms with Gasteiger partial charge in [-0.3, -0.25) is 4.79 Å². The Balaban J connectivity index is 2.47. The molecule has 0 aliphatic heterocycles. The molecule has 4 heteroatoms. The zero-order valence-electron chi connectivity index (χ0n) is 10.4. The third kappa shape index (κ3) is 4.89. The molecule has 1 unspecified atom stereocenters. The lowest BCUT2D eigenvalue weighted by Crippen LogP contribution is -2.39. The second-order valence-electron chi connectivity index (χ2n) is 4.04. The molecule has 94 valence electrons. The Morgan fingerprint density at radius 1 is 1.41 bits per heavy atom. The van der Waals surface area contributed by atoms with Crippen molar-refractivity contribution in [2.45, 2.75) is 37.6 Å². The van der Waals surface area contributed by atoms with E-state index in [4.69, 9.17) is 5.73 Å². The van der Waals surface area contributed by atoms with E-state index in [1.165, 1.54) is 17.5 Å². The second kappa shape index (κ2) is 7.48. The van der Waals surface area contributed by atoms with Crippen molar-refractivity contribution in [3.8, 4) is 0 Å². The first-order valence-corrected chi connectivity index (χ1v) is 6.70. The molecule has 0 amide bonds. The van der Waals surface area contributed by atoms with E-state index in [1.54, 1.807) is 0 Å². The maximum atomic E-state index is 11.7. The standard InChI is InChI=1S/C13H20N2OS/c1-3-4-13(16)12(9-14)15-17-11-7-5-10(2)6-8-11/h5-8,12,15H,3-4,9,14H2,1-2H3. The maximum absolute atomic E-state index is 11.7. The molecule has 0 aromatic heterocycles. The van der Waals surface area contributed by atoms with Crippen LogP contribution >= 0.6 is 11.9 Å². The molecule has 17 heavy (non-hydrogen) atoms. The van der Waals surface area contributed by atoms with E-state index in [-0.39, 0.29) is 11.8 Å².